The Balaban J connectivity index is 1.61. The molecule has 0 fully saturated rings. The smallest absolute Gasteiger partial charge is 0.346 e. The lowest BCUT2D eigenvalue weighted by molar-refractivity contribution is -0.132. The summed E-state index contributed by atoms with van der Waals surface area (Å²) in [6.45, 7) is 3.26. The number of thioether (sulfide) groups is 1. The van der Waals surface area contributed by atoms with E-state index in [4.69, 9.17) is 10.4 Å². The fourth-order valence-electron chi connectivity index (χ4n) is 4.67. The molecule has 2 rings (SSSR count). The maximum Gasteiger partial charge on any atom is 0.346 e. The summed E-state index contributed by atoms with van der Waals surface area (Å²) in [5, 5.41) is 19.0. The van der Waals surface area contributed by atoms with Crippen LogP contribution in [0.15, 0.2) is 64.1 Å². The van der Waals surface area contributed by atoms with Gasteiger partial charge in [0.1, 0.15) is 11.6 Å². The van der Waals surface area contributed by atoms with Gasteiger partial charge in [0.2, 0.25) is 0 Å². The molecule has 1 aromatic carbocycles. The van der Waals surface area contributed by atoms with Crippen molar-refractivity contribution in [2.24, 2.45) is 0 Å². The first-order valence-electron chi connectivity index (χ1n) is 14.4. The lowest BCUT2D eigenvalue weighted by Crippen LogP contribution is -2.18. The number of para-hydroxylation sites is 1. The van der Waals surface area contributed by atoms with Gasteiger partial charge in [-0.2, -0.15) is 5.26 Å². The third-order valence-corrected chi connectivity index (χ3v) is 7.97. The maximum atomic E-state index is 11.0. The first-order valence-corrected chi connectivity index (χ1v) is 15.3. The van der Waals surface area contributed by atoms with E-state index in [9.17, 15) is 4.79 Å². The molecule has 0 spiro atoms. The van der Waals surface area contributed by atoms with Crippen LogP contribution in [0.2, 0.25) is 0 Å². The van der Waals surface area contributed by atoms with E-state index in [2.05, 4.69) is 36.1 Å². The SMILES string of the molecule is CCCCCCCCCCCCCCCCCCN1C(=CC=CC=C(C#N)C(=O)O)Sc2ccccc21. The van der Waals surface area contributed by atoms with Crippen molar-refractivity contribution in [3.8, 4) is 6.07 Å². The quantitative estimate of drug-likeness (QED) is 0.0799. The Labute approximate surface area is 229 Å². The summed E-state index contributed by atoms with van der Waals surface area (Å²) >= 11 is 1.74. The Kier molecular flexibility index (Phi) is 16.3. The maximum absolute atomic E-state index is 11.0. The van der Waals surface area contributed by atoms with Crippen LogP contribution in [0.5, 0.6) is 0 Å². The van der Waals surface area contributed by atoms with Crippen LogP contribution in [0.25, 0.3) is 0 Å². The summed E-state index contributed by atoms with van der Waals surface area (Å²) in [4.78, 5) is 14.6. The number of nitriles is 1. The Morgan fingerprint density at radius 3 is 1.95 bits per heavy atom. The van der Waals surface area contributed by atoms with Gasteiger partial charge in [0.15, 0.2) is 0 Å². The van der Waals surface area contributed by atoms with Gasteiger partial charge in [-0.1, -0.05) is 139 Å². The summed E-state index contributed by atoms with van der Waals surface area (Å²) in [5.41, 5.74) is 0.980. The van der Waals surface area contributed by atoms with Crippen LogP contribution in [0.1, 0.15) is 110 Å². The van der Waals surface area contributed by atoms with Crippen molar-refractivity contribution < 1.29 is 9.90 Å². The number of allylic oxidation sites excluding steroid dienone is 4. The van der Waals surface area contributed by atoms with Crippen molar-refractivity contribution in [1.82, 2.24) is 0 Å². The van der Waals surface area contributed by atoms with Crippen molar-refractivity contribution in [2.75, 3.05) is 11.4 Å². The minimum Gasteiger partial charge on any atom is -0.477 e. The second kappa shape index (κ2) is 19.6. The zero-order valence-electron chi connectivity index (χ0n) is 22.8. The molecule has 1 N–H and O–H groups in total. The van der Waals surface area contributed by atoms with Crippen molar-refractivity contribution >= 4 is 23.4 Å². The molecule has 5 heteroatoms. The van der Waals surface area contributed by atoms with Crippen molar-refractivity contribution in [1.29, 1.82) is 5.26 Å². The van der Waals surface area contributed by atoms with Gasteiger partial charge in [0.05, 0.1) is 10.7 Å². The molecule has 1 aliphatic heterocycles. The number of carboxylic acid groups (broad SMARTS) is 1. The molecular weight excluding hydrogens is 476 g/mol. The zero-order valence-corrected chi connectivity index (χ0v) is 23.6. The highest BCUT2D eigenvalue weighted by Gasteiger charge is 2.23. The summed E-state index contributed by atoms with van der Waals surface area (Å²) in [7, 11) is 0. The third-order valence-electron chi connectivity index (χ3n) is 6.84. The Morgan fingerprint density at radius 2 is 1.41 bits per heavy atom. The molecule has 202 valence electrons. The molecule has 0 bridgehead atoms. The standard InChI is InChI=1S/C32H46N2O2S/c1-2-3-4-5-6-7-8-9-10-11-12-13-14-15-16-21-26-34-29-23-18-19-24-30(29)37-31(34)25-20-17-22-28(27-33)32(35)36/h17-20,22-25H,2-16,21,26H2,1H3,(H,35,36). The Bertz CT molecular complexity index is 929. The number of carboxylic acids is 1. The normalized spacial score (nSPS) is 14.4. The number of hydrogen-bond donors (Lipinski definition) is 1. The van der Waals surface area contributed by atoms with Gasteiger partial charge in [-0.3, -0.25) is 0 Å². The lowest BCUT2D eigenvalue weighted by Gasteiger charge is -2.20. The van der Waals surface area contributed by atoms with Gasteiger partial charge in [-0.05, 0) is 30.7 Å². The molecule has 1 aromatic rings. The summed E-state index contributed by atoms with van der Waals surface area (Å²) in [6, 6.07) is 10.1. The van der Waals surface area contributed by atoms with Gasteiger partial charge in [0.25, 0.3) is 0 Å². The zero-order chi connectivity index (χ0) is 26.6. The highest BCUT2D eigenvalue weighted by atomic mass is 32.2. The number of nitrogens with zero attached hydrogens (tertiary/aromatic N) is 2. The monoisotopic (exact) mass is 522 g/mol. The molecule has 0 unspecified atom stereocenters. The molecule has 0 atom stereocenters. The first-order chi connectivity index (χ1) is 18.2. The highest BCUT2D eigenvalue weighted by Crippen LogP contribution is 2.45. The van der Waals surface area contributed by atoms with E-state index >= 15 is 0 Å². The van der Waals surface area contributed by atoms with Crippen molar-refractivity contribution in [2.45, 2.75) is 115 Å². The fourth-order valence-corrected chi connectivity index (χ4v) is 5.77. The highest BCUT2D eigenvalue weighted by molar-refractivity contribution is 8.03. The van der Waals surface area contributed by atoms with E-state index in [-0.39, 0.29) is 5.57 Å². The number of unbranched alkanes of at least 4 members (excludes halogenated alkanes) is 15. The van der Waals surface area contributed by atoms with Crippen molar-refractivity contribution in [3.63, 3.8) is 0 Å². The second-order valence-corrected chi connectivity index (χ2v) is 11.0. The molecule has 0 amide bonds. The van der Waals surface area contributed by atoms with Crippen LogP contribution in [0, 0.1) is 11.3 Å². The molecule has 1 heterocycles. The van der Waals surface area contributed by atoms with Gasteiger partial charge in [0, 0.05) is 11.4 Å². The molecule has 0 aliphatic carbocycles. The predicted molar refractivity (Wildman–Crippen MR) is 158 cm³/mol. The summed E-state index contributed by atoms with van der Waals surface area (Å²) < 4.78 is 0. The summed E-state index contributed by atoms with van der Waals surface area (Å²) in [5.74, 6) is -1.20. The third kappa shape index (κ3) is 12.6. The predicted octanol–water partition coefficient (Wildman–Crippen LogP) is 9.79. The number of aliphatic carboxylic acids is 1. The Hall–Kier alpha value is -2.45. The minimum atomic E-state index is -1.20. The molecule has 37 heavy (non-hydrogen) atoms. The summed E-state index contributed by atoms with van der Waals surface area (Å²) in [6.07, 6.45) is 28.7. The van der Waals surface area contributed by atoms with E-state index in [0.29, 0.717) is 0 Å². The molecule has 0 saturated carbocycles. The van der Waals surface area contributed by atoms with E-state index < -0.39 is 5.97 Å². The molecule has 0 saturated heterocycles. The van der Waals surface area contributed by atoms with Crippen LogP contribution in [-0.4, -0.2) is 17.6 Å². The second-order valence-electron chi connectivity index (χ2n) is 9.91. The molecular formula is C32H46N2O2S. The lowest BCUT2D eigenvalue weighted by atomic mass is 10.0. The van der Waals surface area contributed by atoms with Gasteiger partial charge in [-0.25, -0.2) is 4.79 Å². The number of fused-ring (bicyclic) bond motifs is 1. The molecule has 1 aliphatic rings. The topological polar surface area (TPSA) is 64.3 Å². The first kappa shape index (κ1) is 30.8. The number of benzene rings is 1. The number of carbonyl (C=O) groups is 1. The van der Waals surface area contributed by atoms with Gasteiger partial charge in [-0.15, -0.1) is 0 Å². The van der Waals surface area contributed by atoms with Crippen LogP contribution >= 0.6 is 11.8 Å². The number of hydrogen-bond acceptors (Lipinski definition) is 4. The number of rotatable bonds is 20. The van der Waals surface area contributed by atoms with E-state index in [1.165, 1.54) is 113 Å². The van der Waals surface area contributed by atoms with Crippen LogP contribution < -0.4 is 4.90 Å². The van der Waals surface area contributed by atoms with Crippen LogP contribution in [0.4, 0.5) is 5.69 Å². The molecule has 4 nitrogen and oxygen atoms in total. The molecule has 0 radical (unpaired) electrons. The minimum absolute atomic E-state index is 0.262. The average molecular weight is 523 g/mol. The average Bonchev–Trinajstić information content (AvgIpc) is 3.25. The fraction of sp³-hybridized carbons (Fsp3) is 0.562. The van der Waals surface area contributed by atoms with Gasteiger partial charge >= 0.3 is 5.97 Å². The van der Waals surface area contributed by atoms with Crippen molar-refractivity contribution in [3.05, 3.63) is 59.2 Å². The Morgan fingerprint density at radius 1 is 0.865 bits per heavy atom. The van der Waals surface area contributed by atoms with Crippen LogP contribution in [0.3, 0.4) is 0 Å². The number of anilines is 1. The van der Waals surface area contributed by atoms with E-state index in [1.54, 1.807) is 23.9 Å². The van der Waals surface area contributed by atoms with E-state index in [0.717, 1.165) is 18.0 Å². The van der Waals surface area contributed by atoms with E-state index in [1.807, 2.05) is 12.2 Å². The largest absolute Gasteiger partial charge is 0.477 e. The van der Waals surface area contributed by atoms with Gasteiger partial charge < -0.3 is 10.0 Å². The molecule has 0 aromatic heterocycles. The van der Waals surface area contributed by atoms with Crippen LogP contribution in [-0.2, 0) is 4.79 Å².